The molecule has 3 aromatic carbocycles. The summed E-state index contributed by atoms with van der Waals surface area (Å²) in [7, 11) is 0. The molecule has 4 aromatic rings. The van der Waals surface area contributed by atoms with Crippen LogP contribution in [0.5, 0.6) is 11.5 Å². The highest BCUT2D eigenvalue weighted by molar-refractivity contribution is 7.20. The molecule has 5 heterocycles. The number of thiazole rings is 1. The summed E-state index contributed by atoms with van der Waals surface area (Å²) in [5, 5.41) is 9.18. The van der Waals surface area contributed by atoms with E-state index < -0.39 is 112 Å². The third kappa shape index (κ3) is 10.1. The van der Waals surface area contributed by atoms with E-state index in [1.165, 1.54) is 32.9 Å². The molecule has 1 aromatic heterocycles. The van der Waals surface area contributed by atoms with Crippen LogP contribution in [0.15, 0.2) is 78.0 Å². The lowest BCUT2D eigenvalue weighted by molar-refractivity contribution is -0.263. The summed E-state index contributed by atoms with van der Waals surface area (Å²) in [4.78, 5) is 128. The molecule has 5 aliphatic rings. The molecule has 1 aliphatic carbocycles. The number of hydroxylamine groups is 2. The van der Waals surface area contributed by atoms with Gasteiger partial charge >= 0.3 is 35.5 Å². The van der Waals surface area contributed by atoms with Crippen LogP contribution in [0.2, 0.25) is 4.34 Å². The molecule has 22 nitrogen and oxygen atoms in total. The number of nitrogens with one attached hydrogen (secondary N) is 2. The van der Waals surface area contributed by atoms with Gasteiger partial charge in [-0.3, -0.25) is 34.2 Å². The number of aromatic nitrogens is 1. The average Bonchev–Trinajstić information content (AvgIpc) is 3.54. The van der Waals surface area contributed by atoms with Gasteiger partial charge in [0, 0.05) is 24.0 Å². The van der Waals surface area contributed by atoms with Crippen LogP contribution < -0.4 is 20.1 Å². The van der Waals surface area contributed by atoms with Gasteiger partial charge in [0.25, 0.3) is 23.6 Å². The minimum Gasteiger partial charge on any atom is -0.457 e. The zero-order valence-electron chi connectivity index (χ0n) is 42.0. The zero-order valence-corrected chi connectivity index (χ0v) is 43.6. The van der Waals surface area contributed by atoms with Gasteiger partial charge in [0.2, 0.25) is 5.60 Å². The van der Waals surface area contributed by atoms with Crippen molar-refractivity contribution < 1.29 is 76.5 Å². The second kappa shape index (κ2) is 18.6. The molecule has 3 atom stereocenters. The van der Waals surface area contributed by atoms with Crippen LogP contribution in [0.3, 0.4) is 0 Å². The number of amides is 5. The monoisotopic (exact) mass is 1070 g/mol. The summed E-state index contributed by atoms with van der Waals surface area (Å²) < 4.78 is 35.1. The predicted octanol–water partition coefficient (Wildman–Crippen LogP) is 6.32. The highest BCUT2D eigenvalue weighted by atomic mass is 35.5. The van der Waals surface area contributed by atoms with E-state index in [0.717, 1.165) is 11.3 Å². The molecule has 24 heteroatoms. The minimum absolute atomic E-state index is 0.121. The quantitative estimate of drug-likeness (QED) is 0.0517. The SMILES string of the molecule is CC(C)(C)OC(=O)Nc1nc(/C(=N/OC2(C(=O)OC(C)(C)C)CC2)C(=O)N[C@H]2CON(C3(C(=O)OC(C)(C)C)C[C@H](N4C(=O)c5cc6c(cc5C4=O)OC(c4ccccc4)(c4ccccc4)O6)C(=O)O3)C2=O)c(Cl)s1. The van der Waals surface area contributed by atoms with Crippen LogP contribution in [0, 0.1) is 0 Å². The minimum atomic E-state index is -2.77. The lowest BCUT2D eigenvalue weighted by atomic mass is 9.97. The molecule has 3 fully saturated rings. The van der Waals surface area contributed by atoms with Crippen LogP contribution in [0.25, 0.3) is 0 Å². The van der Waals surface area contributed by atoms with Gasteiger partial charge < -0.3 is 38.6 Å². The third-order valence-electron chi connectivity index (χ3n) is 11.8. The first kappa shape index (κ1) is 52.2. The van der Waals surface area contributed by atoms with Crippen molar-refractivity contribution >= 4 is 81.4 Å². The summed E-state index contributed by atoms with van der Waals surface area (Å²) in [5.74, 6) is -8.81. The Hall–Kier alpha value is -7.63. The molecule has 5 amide bonds. The Bertz CT molecular complexity index is 3000. The number of anilines is 1. The Morgan fingerprint density at radius 3 is 1.81 bits per heavy atom. The molecule has 1 saturated carbocycles. The number of halogens is 1. The first-order chi connectivity index (χ1) is 35.1. The third-order valence-corrected chi connectivity index (χ3v) is 12.9. The van der Waals surface area contributed by atoms with E-state index >= 15 is 0 Å². The maximum atomic E-state index is 14.5. The molecule has 2 N–H and O–H groups in total. The topological polar surface area (TPSA) is 266 Å². The highest BCUT2D eigenvalue weighted by Gasteiger charge is 2.66. The summed E-state index contributed by atoms with van der Waals surface area (Å²) >= 11 is 7.31. The molecular formula is C51H51ClN6O16S. The van der Waals surface area contributed by atoms with Crippen molar-refractivity contribution in [3.63, 3.8) is 0 Å². The van der Waals surface area contributed by atoms with Crippen LogP contribution >= 0.6 is 22.9 Å². The fourth-order valence-electron chi connectivity index (χ4n) is 8.34. The number of benzene rings is 3. The van der Waals surface area contributed by atoms with Crippen molar-refractivity contribution in [2.75, 3.05) is 11.9 Å². The summed E-state index contributed by atoms with van der Waals surface area (Å²) in [6, 6.07) is 17.3. The van der Waals surface area contributed by atoms with Crippen molar-refractivity contribution in [3.05, 3.63) is 105 Å². The van der Waals surface area contributed by atoms with Crippen LogP contribution in [-0.2, 0) is 58.4 Å². The number of nitrogens with zero attached hydrogens (tertiary/aromatic N) is 4. The molecule has 0 bridgehead atoms. The van der Waals surface area contributed by atoms with Crippen molar-refractivity contribution in [1.29, 1.82) is 0 Å². The number of esters is 3. The fraction of sp³-hybridized carbons (Fsp3) is 0.412. The molecule has 394 valence electrons. The Labute approximate surface area is 437 Å². The van der Waals surface area contributed by atoms with Gasteiger partial charge in [-0.05, 0) is 74.4 Å². The number of cyclic esters (lactones) is 1. The molecule has 1 unspecified atom stereocenters. The number of hydrogen-bond donors (Lipinski definition) is 2. The molecule has 2 saturated heterocycles. The van der Waals surface area contributed by atoms with Crippen molar-refractivity contribution in [3.8, 4) is 11.5 Å². The molecule has 0 spiro atoms. The van der Waals surface area contributed by atoms with Gasteiger partial charge in [-0.25, -0.2) is 24.2 Å². The Morgan fingerprint density at radius 1 is 0.760 bits per heavy atom. The van der Waals surface area contributed by atoms with Crippen molar-refractivity contribution in [1.82, 2.24) is 20.3 Å². The maximum absolute atomic E-state index is 14.5. The van der Waals surface area contributed by atoms with Gasteiger partial charge in [-0.2, -0.15) is 5.06 Å². The van der Waals surface area contributed by atoms with Crippen LogP contribution in [-0.4, -0.2) is 115 Å². The molecular weight excluding hydrogens is 1020 g/mol. The highest BCUT2D eigenvalue weighted by Crippen LogP contribution is 2.51. The standard InChI is InChI=1S/C51H51ClN6O16S/c1-46(2,3)71-42(64)49(20-21-49)74-56-35(34-36(52)75-44(54-34)55-45(66)73-48(7,8)9)37(59)53-30-25-67-58(40(30)62)50(43(65)72-47(4,5)6)24-31(41(63)70-50)57-38(60)28-22-32-33(23-29(28)39(57)61)69-51(68-32,26-16-12-10-13-17-26)27-18-14-11-15-19-27/h10-19,22-23,30-31H,20-21,24-25H2,1-9H3,(H,53,59)(H,54,55,66)/b56-35-/t30-,31-,50?/m0/s1. The van der Waals surface area contributed by atoms with Gasteiger partial charge in [0.05, 0.1) is 17.5 Å². The largest absolute Gasteiger partial charge is 0.457 e. The Balaban J connectivity index is 0.979. The lowest BCUT2D eigenvalue weighted by Crippen LogP contribution is -2.59. The first-order valence-corrected chi connectivity index (χ1v) is 24.8. The van der Waals surface area contributed by atoms with Crippen molar-refractivity contribution in [2.45, 2.75) is 128 Å². The number of ether oxygens (including phenoxy) is 6. The molecule has 75 heavy (non-hydrogen) atoms. The lowest BCUT2D eigenvalue weighted by Gasteiger charge is -2.35. The molecule has 4 aliphatic heterocycles. The van der Waals surface area contributed by atoms with E-state index in [1.807, 2.05) is 36.4 Å². The smallest absolute Gasteiger partial charge is 0.413 e. The second-order valence-corrected chi connectivity index (χ2v) is 22.7. The van der Waals surface area contributed by atoms with E-state index in [2.05, 4.69) is 20.8 Å². The molecule has 9 rings (SSSR count). The molecule has 0 radical (unpaired) electrons. The average molecular weight is 1070 g/mol. The summed E-state index contributed by atoms with van der Waals surface area (Å²) in [5.41, 5.74) is -7.47. The Kier molecular flexibility index (Phi) is 13.0. The number of hydrogen-bond acceptors (Lipinski definition) is 19. The van der Waals surface area contributed by atoms with Crippen molar-refractivity contribution in [2.24, 2.45) is 5.16 Å². The van der Waals surface area contributed by atoms with E-state index in [0.29, 0.717) is 21.1 Å². The van der Waals surface area contributed by atoms with Gasteiger partial charge in [0.15, 0.2) is 22.3 Å². The van der Waals surface area contributed by atoms with Gasteiger partial charge in [-0.15, -0.1) is 0 Å². The number of rotatable bonds is 12. The summed E-state index contributed by atoms with van der Waals surface area (Å²) in [6.07, 6.45) is -1.43. The normalized spacial score (nSPS) is 21.6. The van der Waals surface area contributed by atoms with Crippen LogP contribution in [0.1, 0.15) is 119 Å². The zero-order chi connectivity index (χ0) is 54.2. The van der Waals surface area contributed by atoms with Crippen LogP contribution in [0.4, 0.5) is 9.93 Å². The van der Waals surface area contributed by atoms with E-state index in [9.17, 15) is 38.4 Å². The summed E-state index contributed by atoms with van der Waals surface area (Å²) in [6.45, 7) is 13.7. The maximum Gasteiger partial charge on any atom is 0.413 e. The van der Waals surface area contributed by atoms with E-state index in [1.54, 1.807) is 65.8 Å². The number of fused-ring (bicyclic) bond motifs is 2. The van der Waals surface area contributed by atoms with Gasteiger partial charge in [-0.1, -0.05) is 88.8 Å². The number of carbonyl (C=O) groups is 8. The first-order valence-electron chi connectivity index (χ1n) is 23.6. The van der Waals surface area contributed by atoms with E-state index in [4.69, 9.17) is 49.7 Å². The predicted molar refractivity (Wildman–Crippen MR) is 262 cm³/mol. The second-order valence-electron chi connectivity index (χ2n) is 21.1. The number of oxime groups is 1. The number of imide groups is 1. The fourth-order valence-corrected chi connectivity index (χ4v) is 9.37. The van der Waals surface area contributed by atoms with Gasteiger partial charge in [0.1, 0.15) is 45.5 Å². The number of carbonyl (C=O) groups excluding carboxylic acids is 8. The Morgan fingerprint density at radius 2 is 1.29 bits per heavy atom. The van der Waals surface area contributed by atoms with E-state index in [-0.39, 0.29) is 50.6 Å².